The lowest BCUT2D eigenvalue weighted by atomic mass is 10.1. The highest BCUT2D eigenvalue weighted by Crippen LogP contribution is 2.14. The topological polar surface area (TPSA) is 71.6 Å². The lowest BCUT2D eigenvalue weighted by molar-refractivity contribution is 0.0701. The SMILES string of the molecule is COCCOCCCN(C)c1cccc(C(=N)N)c1. The number of nitrogens with two attached hydrogens (primary N) is 1. The van der Waals surface area contributed by atoms with Crippen molar-refractivity contribution in [3.8, 4) is 0 Å². The monoisotopic (exact) mass is 265 g/mol. The molecular weight excluding hydrogens is 242 g/mol. The van der Waals surface area contributed by atoms with Crippen LogP contribution in [0.3, 0.4) is 0 Å². The Kier molecular flexibility index (Phi) is 6.92. The van der Waals surface area contributed by atoms with E-state index in [9.17, 15) is 0 Å². The number of nitrogens with zero attached hydrogens (tertiary/aromatic N) is 1. The predicted molar refractivity (Wildman–Crippen MR) is 78.0 cm³/mol. The van der Waals surface area contributed by atoms with Gasteiger partial charge in [0.05, 0.1) is 13.2 Å². The minimum atomic E-state index is 0.0955. The molecule has 0 aliphatic heterocycles. The number of ether oxygens (including phenoxy) is 2. The molecule has 0 fully saturated rings. The first-order valence-electron chi connectivity index (χ1n) is 6.37. The molecule has 5 heteroatoms. The molecule has 0 saturated heterocycles. The van der Waals surface area contributed by atoms with Crippen LogP contribution in [0.4, 0.5) is 5.69 Å². The van der Waals surface area contributed by atoms with E-state index in [1.165, 1.54) is 0 Å². The van der Waals surface area contributed by atoms with Gasteiger partial charge in [0.2, 0.25) is 0 Å². The molecule has 0 heterocycles. The van der Waals surface area contributed by atoms with E-state index in [1.54, 1.807) is 7.11 Å². The van der Waals surface area contributed by atoms with Gasteiger partial charge >= 0.3 is 0 Å². The zero-order valence-corrected chi connectivity index (χ0v) is 11.7. The molecule has 1 rings (SSSR count). The van der Waals surface area contributed by atoms with E-state index in [0.717, 1.165) is 30.8 Å². The van der Waals surface area contributed by atoms with Crippen LogP contribution in [0.15, 0.2) is 24.3 Å². The molecule has 0 bridgehead atoms. The molecule has 0 aromatic heterocycles. The first-order valence-corrected chi connectivity index (χ1v) is 6.37. The number of methoxy groups -OCH3 is 1. The zero-order valence-electron chi connectivity index (χ0n) is 11.7. The Balaban J connectivity index is 2.34. The van der Waals surface area contributed by atoms with Gasteiger partial charge in [-0.15, -0.1) is 0 Å². The number of nitrogens with one attached hydrogen (secondary N) is 1. The molecule has 0 atom stereocenters. The molecule has 3 N–H and O–H groups in total. The highest BCUT2D eigenvalue weighted by molar-refractivity contribution is 5.95. The molecule has 1 aromatic rings. The summed E-state index contributed by atoms with van der Waals surface area (Å²) in [5.41, 5.74) is 7.29. The van der Waals surface area contributed by atoms with Crippen LogP contribution in [0.5, 0.6) is 0 Å². The van der Waals surface area contributed by atoms with Crippen molar-refractivity contribution in [1.29, 1.82) is 5.41 Å². The summed E-state index contributed by atoms with van der Waals surface area (Å²) in [6.07, 6.45) is 0.949. The number of hydrogen-bond donors (Lipinski definition) is 2. The first kappa shape index (κ1) is 15.5. The van der Waals surface area contributed by atoms with Gasteiger partial charge in [0.1, 0.15) is 5.84 Å². The molecule has 19 heavy (non-hydrogen) atoms. The normalized spacial score (nSPS) is 10.4. The molecule has 0 radical (unpaired) electrons. The fourth-order valence-corrected chi connectivity index (χ4v) is 1.69. The van der Waals surface area contributed by atoms with Gasteiger partial charge in [-0.2, -0.15) is 0 Å². The molecule has 106 valence electrons. The van der Waals surface area contributed by atoms with Crippen molar-refractivity contribution in [2.45, 2.75) is 6.42 Å². The van der Waals surface area contributed by atoms with Gasteiger partial charge in [0.15, 0.2) is 0 Å². The van der Waals surface area contributed by atoms with Crippen molar-refractivity contribution in [3.63, 3.8) is 0 Å². The van der Waals surface area contributed by atoms with E-state index in [2.05, 4.69) is 4.90 Å². The minimum Gasteiger partial charge on any atom is -0.384 e. The number of anilines is 1. The Labute approximate surface area is 114 Å². The maximum atomic E-state index is 7.43. The van der Waals surface area contributed by atoms with E-state index >= 15 is 0 Å². The molecule has 0 amide bonds. The van der Waals surface area contributed by atoms with Crippen molar-refractivity contribution in [3.05, 3.63) is 29.8 Å². The predicted octanol–water partition coefficient (Wildman–Crippen LogP) is 1.46. The molecule has 0 spiro atoms. The van der Waals surface area contributed by atoms with E-state index in [4.69, 9.17) is 20.6 Å². The lowest BCUT2D eigenvalue weighted by Crippen LogP contribution is -2.21. The second-order valence-electron chi connectivity index (χ2n) is 4.34. The highest BCUT2D eigenvalue weighted by atomic mass is 16.5. The average Bonchev–Trinajstić information content (AvgIpc) is 2.42. The Hall–Kier alpha value is -1.59. The quantitative estimate of drug-likeness (QED) is 0.403. The standard InChI is InChI=1S/C14H23N3O2/c1-17(7-4-8-19-10-9-18-2)13-6-3-5-12(11-13)14(15)16/h3,5-6,11H,4,7-10H2,1-2H3,(H3,15,16). The molecule has 0 aliphatic carbocycles. The maximum Gasteiger partial charge on any atom is 0.122 e. The average molecular weight is 265 g/mol. The number of hydrogen-bond acceptors (Lipinski definition) is 4. The second-order valence-corrected chi connectivity index (χ2v) is 4.34. The van der Waals surface area contributed by atoms with Crippen LogP contribution in [-0.4, -0.2) is 46.4 Å². The fraction of sp³-hybridized carbons (Fsp3) is 0.500. The zero-order chi connectivity index (χ0) is 14.1. The molecule has 0 unspecified atom stereocenters. The number of rotatable bonds is 9. The molecule has 1 aromatic carbocycles. The fourth-order valence-electron chi connectivity index (χ4n) is 1.69. The third-order valence-electron chi connectivity index (χ3n) is 2.81. The summed E-state index contributed by atoms with van der Waals surface area (Å²) in [6.45, 7) is 2.89. The Bertz CT molecular complexity index is 396. The van der Waals surface area contributed by atoms with Crippen molar-refractivity contribution in [2.75, 3.05) is 45.4 Å². The van der Waals surface area contributed by atoms with Gasteiger partial charge in [0.25, 0.3) is 0 Å². The molecule has 0 aliphatic rings. The van der Waals surface area contributed by atoms with E-state index in [0.29, 0.717) is 13.2 Å². The summed E-state index contributed by atoms with van der Waals surface area (Å²) < 4.78 is 10.3. The van der Waals surface area contributed by atoms with Crippen molar-refractivity contribution >= 4 is 11.5 Å². The van der Waals surface area contributed by atoms with Gasteiger partial charge < -0.3 is 20.1 Å². The van der Waals surface area contributed by atoms with Crippen molar-refractivity contribution in [2.24, 2.45) is 5.73 Å². The van der Waals surface area contributed by atoms with Crippen LogP contribution in [0.25, 0.3) is 0 Å². The Morgan fingerprint density at radius 2 is 2.11 bits per heavy atom. The van der Waals surface area contributed by atoms with Crippen LogP contribution in [-0.2, 0) is 9.47 Å². The van der Waals surface area contributed by atoms with Gasteiger partial charge in [-0.1, -0.05) is 12.1 Å². The number of benzene rings is 1. The van der Waals surface area contributed by atoms with E-state index < -0.39 is 0 Å². The summed E-state index contributed by atoms with van der Waals surface area (Å²) in [4.78, 5) is 2.13. The van der Waals surface area contributed by atoms with Crippen LogP contribution >= 0.6 is 0 Å². The van der Waals surface area contributed by atoms with Gasteiger partial charge in [-0.25, -0.2) is 0 Å². The van der Waals surface area contributed by atoms with Crippen LogP contribution in [0.2, 0.25) is 0 Å². The van der Waals surface area contributed by atoms with Crippen LogP contribution in [0, 0.1) is 5.41 Å². The molecule has 5 nitrogen and oxygen atoms in total. The first-order chi connectivity index (χ1) is 9.15. The highest BCUT2D eigenvalue weighted by Gasteiger charge is 2.03. The Morgan fingerprint density at radius 3 is 2.79 bits per heavy atom. The van der Waals surface area contributed by atoms with Crippen LogP contribution < -0.4 is 10.6 Å². The summed E-state index contributed by atoms with van der Waals surface area (Å²) in [6, 6.07) is 7.69. The number of amidine groups is 1. The molecule has 0 saturated carbocycles. The van der Waals surface area contributed by atoms with E-state index in [1.807, 2.05) is 31.3 Å². The largest absolute Gasteiger partial charge is 0.384 e. The third-order valence-corrected chi connectivity index (χ3v) is 2.81. The Morgan fingerprint density at radius 1 is 1.32 bits per heavy atom. The summed E-state index contributed by atoms with van der Waals surface area (Å²) >= 11 is 0. The summed E-state index contributed by atoms with van der Waals surface area (Å²) in [7, 11) is 3.69. The summed E-state index contributed by atoms with van der Waals surface area (Å²) in [5, 5.41) is 7.43. The van der Waals surface area contributed by atoms with E-state index in [-0.39, 0.29) is 5.84 Å². The second kappa shape index (κ2) is 8.50. The smallest absolute Gasteiger partial charge is 0.122 e. The maximum absolute atomic E-state index is 7.43. The lowest BCUT2D eigenvalue weighted by Gasteiger charge is -2.19. The number of nitrogen functional groups attached to an aromatic ring is 1. The third kappa shape index (κ3) is 5.72. The van der Waals surface area contributed by atoms with Crippen molar-refractivity contribution < 1.29 is 9.47 Å². The van der Waals surface area contributed by atoms with Gasteiger partial charge in [-0.3, -0.25) is 5.41 Å². The van der Waals surface area contributed by atoms with Crippen molar-refractivity contribution in [1.82, 2.24) is 0 Å². The van der Waals surface area contributed by atoms with Gasteiger partial charge in [-0.05, 0) is 18.6 Å². The molecular formula is C14H23N3O2. The minimum absolute atomic E-state index is 0.0955. The van der Waals surface area contributed by atoms with Gasteiger partial charge in [0, 0.05) is 38.6 Å². The summed E-state index contributed by atoms with van der Waals surface area (Å²) in [5.74, 6) is 0.0955. The van der Waals surface area contributed by atoms with Crippen LogP contribution in [0.1, 0.15) is 12.0 Å².